The zero-order valence-corrected chi connectivity index (χ0v) is 16.6. The van der Waals surface area contributed by atoms with Crippen LogP contribution < -0.4 is 9.64 Å². The van der Waals surface area contributed by atoms with Gasteiger partial charge < -0.3 is 9.84 Å². The Labute approximate surface area is 174 Å². The number of aliphatic hydroxyl groups is 1. The predicted octanol–water partition coefficient (Wildman–Crippen LogP) is 4.02. The molecule has 0 aliphatic carbocycles. The summed E-state index contributed by atoms with van der Waals surface area (Å²) in [5.74, 6) is -1.18. The molecule has 2 heterocycles. The number of hydrogen-bond donors (Lipinski definition) is 1. The standard InChI is InChI=1S/C24H20N2O4/c1-15-6-5-7-17(14-15)26-21(18-8-3-4-9-19(18)30-2)20(23(28)24(26)29)22(27)16-10-12-25-13-11-16/h3-14,21,27H,1-2H3/b22-20+. The summed E-state index contributed by atoms with van der Waals surface area (Å²) in [5.41, 5.74) is 2.55. The summed E-state index contributed by atoms with van der Waals surface area (Å²) in [6.07, 6.45) is 3.04. The lowest BCUT2D eigenvalue weighted by atomic mass is 9.94. The minimum Gasteiger partial charge on any atom is -0.507 e. The first kappa shape index (κ1) is 19.4. The van der Waals surface area contributed by atoms with Gasteiger partial charge >= 0.3 is 0 Å². The lowest BCUT2D eigenvalue weighted by Gasteiger charge is -2.26. The van der Waals surface area contributed by atoms with Crippen molar-refractivity contribution >= 4 is 23.1 Å². The van der Waals surface area contributed by atoms with Crippen LogP contribution in [0.2, 0.25) is 0 Å². The van der Waals surface area contributed by atoms with Gasteiger partial charge in [0.2, 0.25) is 0 Å². The van der Waals surface area contributed by atoms with Crippen LogP contribution in [-0.4, -0.2) is 28.9 Å². The molecule has 30 heavy (non-hydrogen) atoms. The zero-order valence-electron chi connectivity index (χ0n) is 16.6. The number of aliphatic hydroxyl groups excluding tert-OH is 1. The molecule has 1 N–H and O–H groups in total. The molecule has 1 amide bonds. The molecule has 0 bridgehead atoms. The zero-order chi connectivity index (χ0) is 21.3. The van der Waals surface area contributed by atoms with Crippen molar-refractivity contribution in [1.29, 1.82) is 0 Å². The van der Waals surface area contributed by atoms with Crippen LogP contribution in [0.15, 0.2) is 78.6 Å². The lowest BCUT2D eigenvalue weighted by Crippen LogP contribution is -2.29. The van der Waals surface area contributed by atoms with E-state index in [0.29, 0.717) is 22.6 Å². The third-order valence-corrected chi connectivity index (χ3v) is 5.11. The number of rotatable bonds is 4. The third kappa shape index (κ3) is 3.22. The number of anilines is 1. The van der Waals surface area contributed by atoms with E-state index in [-0.39, 0.29) is 11.3 Å². The third-order valence-electron chi connectivity index (χ3n) is 5.11. The van der Waals surface area contributed by atoms with Gasteiger partial charge in [0.05, 0.1) is 18.7 Å². The van der Waals surface area contributed by atoms with E-state index in [1.165, 1.54) is 24.4 Å². The van der Waals surface area contributed by atoms with Crippen molar-refractivity contribution in [2.24, 2.45) is 0 Å². The summed E-state index contributed by atoms with van der Waals surface area (Å²) in [4.78, 5) is 31.6. The van der Waals surface area contributed by atoms with Crippen LogP contribution in [0.4, 0.5) is 5.69 Å². The van der Waals surface area contributed by atoms with Crippen LogP contribution in [0.1, 0.15) is 22.7 Å². The second kappa shape index (κ2) is 7.83. The fraction of sp³-hybridized carbons (Fsp3) is 0.125. The molecule has 6 heteroatoms. The normalized spacial score (nSPS) is 17.9. The Hall–Kier alpha value is -3.93. The second-order valence-corrected chi connectivity index (χ2v) is 6.99. The van der Waals surface area contributed by atoms with Gasteiger partial charge in [0, 0.05) is 29.2 Å². The van der Waals surface area contributed by atoms with E-state index >= 15 is 0 Å². The number of carbonyl (C=O) groups is 2. The number of benzene rings is 2. The topological polar surface area (TPSA) is 79.7 Å². The Morgan fingerprint density at radius 3 is 2.47 bits per heavy atom. The van der Waals surface area contributed by atoms with Gasteiger partial charge in [0.15, 0.2) is 0 Å². The van der Waals surface area contributed by atoms with Gasteiger partial charge in [-0.2, -0.15) is 0 Å². The van der Waals surface area contributed by atoms with Crippen LogP contribution in [0.25, 0.3) is 5.76 Å². The first-order valence-electron chi connectivity index (χ1n) is 9.44. The Morgan fingerprint density at radius 2 is 1.77 bits per heavy atom. The molecule has 1 atom stereocenters. The molecule has 0 radical (unpaired) electrons. The maximum Gasteiger partial charge on any atom is 0.300 e. The van der Waals surface area contributed by atoms with E-state index < -0.39 is 17.7 Å². The average molecular weight is 400 g/mol. The molecule has 1 aliphatic heterocycles. The number of amides is 1. The van der Waals surface area contributed by atoms with Crippen LogP contribution in [0, 0.1) is 6.92 Å². The average Bonchev–Trinajstić information content (AvgIpc) is 3.04. The van der Waals surface area contributed by atoms with Crippen LogP contribution in [0.5, 0.6) is 5.75 Å². The van der Waals surface area contributed by atoms with E-state index in [9.17, 15) is 14.7 Å². The number of carbonyl (C=O) groups excluding carboxylic acids is 2. The molecule has 4 rings (SSSR count). The summed E-state index contributed by atoms with van der Waals surface area (Å²) in [6.45, 7) is 1.91. The lowest BCUT2D eigenvalue weighted by molar-refractivity contribution is -0.132. The molecule has 0 saturated carbocycles. The Balaban J connectivity index is 2.00. The second-order valence-electron chi connectivity index (χ2n) is 6.99. The molecule has 2 aromatic carbocycles. The number of para-hydroxylation sites is 1. The number of ether oxygens (including phenoxy) is 1. The summed E-state index contributed by atoms with van der Waals surface area (Å²) < 4.78 is 5.51. The quantitative estimate of drug-likeness (QED) is 0.406. The molecular formula is C24H20N2O4. The number of methoxy groups -OCH3 is 1. The largest absolute Gasteiger partial charge is 0.507 e. The number of nitrogens with zero attached hydrogens (tertiary/aromatic N) is 2. The highest BCUT2D eigenvalue weighted by Gasteiger charge is 2.47. The van der Waals surface area contributed by atoms with Crippen molar-refractivity contribution in [3.8, 4) is 5.75 Å². The highest BCUT2D eigenvalue weighted by molar-refractivity contribution is 6.51. The van der Waals surface area contributed by atoms with E-state index in [1.54, 1.807) is 36.4 Å². The number of Topliss-reactive ketones (excluding diaryl/α,β-unsaturated/α-hetero) is 1. The Kier molecular flexibility index (Phi) is 5.06. The maximum absolute atomic E-state index is 13.1. The molecule has 0 spiro atoms. The van der Waals surface area contributed by atoms with E-state index in [4.69, 9.17) is 4.74 Å². The molecule has 150 valence electrons. The number of aryl methyl sites for hydroxylation is 1. The van der Waals surface area contributed by atoms with Gasteiger partial charge in [-0.05, 0) is 42.8 Å². The fourth-order valence-electron chi connectivity index (χ4n) is 3.73. The number of hydrogen-bond acceptors (Lipinski definition) is 5. The van der Waals surface area contributed by atoms with Crippen LogP contribution in [0.3, 0.4) is 0 Å². The summed E-state index contributed by atoms with van der Waals surface area (Å²) in [6, 6.07) is 16.9. The van der Waals surface area contributed by atoms with Crippen molar-refractivity contribution in [3.63, 3.8) is 0 Å². The fourth-order valence-corrected chi connectivity index (χ4v) is 3.73. The molecule has 1 unspecified atom stereocenters. The van der Waals surface area contributed by atoms with Gasteiger partial charge in [-0.25, -0.2) is 0 Å². The summed E-state index contributed by atoms with van der Waals surface area (Å²) in [5, 5.41) is 11.0. The summed E-state index contributed by atoms with van der Waals surface area (Å²) >= 11 is 0. The molecule has 6 nitrogen and oxygen atoms in total. The van der Waals surface area contributed by atoms with Gasteiger partial charge in [0.1, 0.15) is 11.5 Å². The molecular weight excluding hydrogens is 380 g/mol. The monoisotopic (exact) mass is 400 g/mol. The summed E-state index contributed by atoms with van der Waals surface area (Å²) in [7, 11) is 1.53. The molecule has 1 aromatic heterocycles. The van der Waals surface area contributed by atoms with Gasteiger partial charge in [0.25, 0.3) is 11.7 Å². The highest BCUT2D eigenvalue weighted by Crippen LogP contribution is 2.44. The Morgan fingerprint density at radius 1 is 1.03 bits per heavy atom. The van der Waals surface area contributed by atoms with Crippen LogP contribution >= 0.6 is 0 Å². The van der Waals surface area contributed by atoms with E-state index in [2.05, 4.69) is 4.98 Å². The molecule has 1 saturated heterocycles. The highest BCUT2D eigenvalue weighted by atomic mass is 16.5. The van der Waals surface area contributed by atoms with E-state index in [1.807, 2.05) is 31.2 Å². The smallest absolute Gasteiger partial charge is 0.300 e. The molecule has 1 fully saturated rings. The number of ketones is 1. The predicted molar refractivity (Wildman–Crippen MR) is 113 cm³/mol. The van der Waals surface area contributed by atoms with Gasteiger partial charge in [-0.1, -0.05) is 30.3 Å². The van der Waals surface area contributed by atoms with Gasteiger partial charge in [-0.15, -0.1) is 0 Å². The number of pyridine rings is 1. The molecule has 3 aromatic rings. The van der Waals surface area contributed by atoms with Crippen molar-refractivity contribution in [1.82, 2.24) is 4.98 Å². The molecule has 1 aliphatic rings. The minimum absolute atomic E-state index is 0.0113. The van der Waals surface area contributed by atoms with Gasteiger partial charge in [-0.3, -0.25) is 19.5 Å². The van der Waals surface area contributed by atoms with E-state index in [0.717, 1.165) is 5.56 Å². The van der Waals surface area contributed by atoms with Crippen molar-refractivity contribution in [3.05, 3.63) is 95.3 Å². The SMILES string of the molecule is COc1ccccc1C1/C(=C(\O)c2ccncc2)C(=O)C(=O)N1c1cccc(C)c1. The first-order valence-corrected chi connectivity index (χ1v) is 9.44. The van der Waals surface area contributed by atoms with Crippen molar-refractivity contribution < 1.29 is 19.4 Å². The first-order chi connectivity index (χ1) is 14.5. The minimum atomic E-state index is -0.837. The number of aromatic nitrogens is 1. The van der Waals surface area contributed by atoms with Crippen LogP contribution in [-0.2, 0) is 9.59 Å². The van der Waals surface area contributed by atoms with Crippen molar-refractivity contribution in [2.75, 3.05) is 12.0 Å². The maximum atomic E-state index is 13.1. The van der Waals surface area contributed by atoms with Crippen molar-refractivity contribution in [2.45, 2.75) is 13.0 Å². The Bertz CT molecular complexity index is 1150.